The number of nitrogens with zero attached hydrogens (tertiary/aromatic N) is 1. The summed E-state index contributed by atoms with van der Waals surface area (Å²) in [4.78, 5) is 4.19. The van der Waals surface area contributed by atoms with E-state index in [0.717, 1.165) is 17.9 Å². The van der Waals surface area contributed by atoms with Crippen LogP contribution in [0.3, 0.4) is 0 Å². The standard InChI is InChI=1S/C16H22F3N3O.HI/c1-23-14-7-5-13(6-8-14)22-15(20)21-10-11-3-2-4-12(9-11)16(17,18)19;/h5-8,11-12H,2-4,9-10H2,1H3,(H3,20,21,22);1H. The molecule has 0 amide bonds. The van der Waals surface area contributed by atoms with Gasteiger partial charge in [-0.25, -0.2) is 0 Å². The lowest BCUT2D eigenvalue weighted by atomic mass is 9.81. The van der Waals surface area contributed by atoms with Crippen LogP contribution in [0.2, 0.25) is 0 Å². The van der Waals surface area contributed by atoms with Crippen LogP contribution in [-0.4, -0.2) is 25.8 Å². The van der Waals surface area contributed by atoms with Gasteiger partial charge in [0.05, 0.1) is 13.0 Å². The van der Waals surface area contributed by atoms with Gasteiger partial charge in [-0.15, -0.1) is 24.0 Å². The summed E-state index contributed by atoms with van der Waals surface area (Å²) in [6, 6.07) is 7.15. The summed E-state index contributed by atoms with van der Waals surface area (Å²) in [6.45, 7) is 0.321. The van der Waals surface area contributed by atoms with Crippen molar-refractivity contribution in [3.8, 4) is 5.75 Å². The molecule has 0 bridgehead atoms. The fourth-order valence-electron chi connectivity index (χ4n) is 2.84. The summed E-state index contributed by atoms with van der Waals surface area (Å²) < 4.78 is 43.4. The third kappa shape index (κ3) is 6.37. The van der Waals surface area contributed by atoms with E-state index >= 15 is 0 Å². The Morgan fingerprint density at radius 1 is 1.29 bits per heavy atom. The number of halogens is 4. The second-order valence-electron chi connectivity index (χ2n) is 5.85. The zero-order valence-electron chi connectivity index (χ0n) is 13.5. The average Bonchev–Trinajstić information content (AvgIpc) is 2.53. The number of hydrogen-bond acceptors (Lipinski definition) is 2. The minimum absolute atomic E-state index is 0. The molecule has 1 saturated carbocycles. The van der Waals surface area contributed by atoms with Crippen molar-refractivity contribution in [3.05, 3.63) is 24.3 Å². The highest BCUT2D eigenvalue weighted by Crippen LogP contribution is 2.39. The second-order valence-corrected chi connectivity index (χ2v) is 5.85. The molecule has 0 aromatic heterocycles. The van der Waals surface area contributed by atoms with Crippen LogP contribution in [0.1, 0.15) is 25.7 Å². The lowest BCUT2D eigenvalue weighted by Crippen LogP contribution is -2.30. The third-order valence-corrected chi connectivity index (χ3v) is 4.13. The first kappa shape index (κ1) is 20.9. The smallest absolute Gasteiger partial charge is 0.391 e. The van der Waals surface area contributed by atoms with E-state index in [2.05, 4.69) is 10.3 Å². The normalized spacial score (nSPS) is 21.8. The summed E-state index contributed by atoms with van der Waals surface area (Å²) in [7, 11) is 1.58. The van der Waals surface area contributed by atoms with Gasteiger partial charge in [0.25, 0.3) is 0 Å². The maximum atomic E-state index is 12.8. The van der Waals surface area contributed by atoms with Crippen molar-refractivity contribution in [3.63, 3.8) is 0 Å². The highest BCUT2D eigenvalue weighted by molar-refractivity contribution is 14.0. The first-order chi connectivity index (χ1) is 10.9. The molecule has 2 rings (SSSR count). The quantitative estimate of drug-likeness (QED) is 0.400. The van der Waals surface area contributed by atoms with Gasteiger partial charge in [-0.3, -0.25) is 4.99 Å². The Labute approximate surface area is 157 Å². The maximum absolute atomic E-state index is 12.8. The molecule has 1 fully saturated rings. The number of aliphatic imine (C=N–C) groups is 1. The summed E-state index contributed by atoms with van der Waals surface area (Å²) in [5, 5.41) is 2.92. The van der Waals surface area contributed by atoms with E-state index in [4.69, 9.17) is 10.5 Å². The van der Waals surface area contributed by atoms with Gasteiger partial charge in [0.1, 0.15) is 5.75 Å². The van der Waals surface area contributed by atoms with E-state index in [0.29, 0.717) is 13.0 Å². The SMILES string of the molecule is COc1ccc(NC(N)=NCC2CCCC(C(F)(F)F)C2)cc1.I. The number of ether oxygens (including phenoxy) is 1. The fraction of sp³-hybridized carbons (Fsp3) is 0.562. The third-order valence-electron chi connectivity index (χ3n) is 4.13. The number of alkyl halides is 3. The number of hydrogen-bond donors (Lipinski definition) is 2. The van der Waals surface area contributed by atoms with Crippen LogP contribution in [-0.2, 0) is 0 Å². The summed E-state index contributed by atoms with van der Waals surface area (Å²) in [6.07, 6.45) is -2.37. The van der Waals surface area contributed by atoms with Gasteiger partial charge in [-0.05, 0) is 49.4 Å². The molecule has 8 heteroatoms. The first-order valence-electron chi connectivity index (χ1n) is 7.66. The van der Waals surface area contributed by atoms with Crippen molar-refractivity contribution in [2.45, 2.75) is 31.9 Å². The molecule has 24 heavy (non-hydrogen) atoms. The molecular weight excluding hydrogens is 434 g/mol. The molecule has 2 unspecified atom stereocenters. The van der Waals surface area contributed by atoms with Gasteiger partial charge in [0, 0.05) is 12.2 Å². The van der Waals surface area contributed by atoms with Gasteiger partial charge in [-0.2, -0.15) is 13.2 Å². The number of rotatable bonds is 4. The average molecular weight is 457 g/mol. The van der Waals surface area contributed by atoms with Gasteiger partial charge in [-0.1, -0.05) is 6.42 Å². The molecule has 0 saturated heterocycles. The molecule has 2 atom stereocenters. The van der Waals surface area contributed by atoms with Crippen molar-refractivity contribution in [2.75, 3.05) is 19.0 Å². The van der Waals surface area contributed by atoms with E-state index < -0.39 is 12.1 Å². The highest BCUT2D eigenvalue weighted by Gasteiger charge is 2.41. The van der Waals surface area contributed by atoms with E-state index in [1.54, 1.807) is 31.4 Å². The number of anilines is 1. The molecule has 0 heterocycles. The van der Waals surface area contributed by atoms with Crippen LogP contribution < -0.4 is 15.8 Å². The van der Waals surface area contributed by atoms with Crippen LogP contribution in [0.15, 0.2) is 29.3 Å². The summed E-state index contributed by atoms with van der Waals surface area (Å²) in [5.74, 6) is -0.324. The molecular formula is C16H23F3IN3O. The molecule has 0 radical (unpaired) electrons. The molecule has 1 aromatic carbocycles. The minimum atomic E-state index is -4.10. The summed E-state index contributed by atoms with van der Waals surface area (Å²) in [5.41, 5.74) is 6.55. The topological polar surface area (TPSA) is 59.6 Å². The van der Waals surface area contributed by atoms with Crippen molar-refractivity contribution >= 4 is 35.6 Å². The number of methoxy groups -OCH3 is 1. The van der Waals surface area contributed by atoms with Gasteiger partial charge >= 0.3 is 6.18 Å². The molecule has 136 valence electrons. The zero-order chi connectivity index (χ0) is 16.9. The Kier molecular flexibility index (Phi) is 8.11. The number of guanidine groups is 1. The van der Waals surface area contributed by atoms with E-state index in [-0.39, 0.29) is 48.7 Å². The van der Waals surface area contributed by atoms with E-state index in [1.807, 2.05) is 0 Å². The van der Waals surface area contributed by atoms with Crippen LogP contribution in [0.5, 0.6) is 5.75 Å². The predicted octanol–water partition coefficient (Wildman–Crippen LogP) is 4.41. The first-order valence-corrected chi connectivity index (χ1v) is 7.66. The number of benzene rings is 1. The molecule has 0 spiro atoms. The minimum Gasteiger partial charge on any atom is -0.497 e. The lowest BCUT2D eigenvalue weighted by Gasteiger charge is -2.29. The van der Waals surface area contributed by atoms with Gasteiger partial charge in [0.2, 0.25) is 0 Å². The lowest BCUT2D eigenvalue weighted by molar-refractivity contribution is -0.185. The van der Waals surface area contributed by atoms with Gasteiger partial charge in [0.15, 0.2) is 5.96 Å². The van der Waals surface area contributed by atoms with Crippen molar-refractivity contribution < 1.29 is 17.9 Å². The van der Waals surface area contributed by atoms with Crippen molar-refractivity contribution in [1.82, 2.24) is 0 Å². The Morgan fingerprint density at radius 2 is 1.96 bits per heavy atom. The van der Waals surface area contributed by atoms with Crippen molar-refractivity contribution in [2.24, 2.45) is 22.6 Å². The second kappa shape index (κ2) is 9.33. The van der Waals surface area contributed by atoms with E-state index in [1.165, 1.54) is 0 Å². The largest absolute Gasteiger partial charge is 0.497 e. The van der Waals surface area contributed by atoms with E-state index in [9.17, 15) is 13.2 Å². The van der Waals surface area contributed by atoms with Crippen molar-refractivity contribution in [1.29, 1.82) is 0 Å². The fourth-order valence-corrected chi connectivity index (χ4v) is 2.84. The van der Waals surface area contributed by atoms with Gasteiger partial charge < -0.3 is 15.8 Å². The number of nitrogens with two attached hydrogens (primary N) is 1. The molecule has 4 nitrogen and oxygen atoms in total. The number of nitrogens with one attached hydrogen (secondary N) is 1. The molecule has 0 aliphatic heterocycles. The van der Waals surface area contributed by atoms with Crippen LogP contribution in [0.25, 0.3) is 0 Å². The Hall–Kier alpha value is -1.19. The monoisotopic (exact) mass is 457 g/mol. The molecule has 1 aromatic rings. The predicted molar refractivity (Wildman–Crippen MR) is 100 cm³/mol. The molecule has 3 N–H and O–H groups in total. The Morgan fingerprint density at radius 3 is 2.54 bits per heavy atom. The zero-order valence-corrected chi connectivity index (χ0v) is 15.8. The Balaban J connectivity index is 0.00000288. The molecule has 1 aliphatic rings. The summed E-state index contributed by atoms with van der Waals surface area (Å²) >= 11 is 0. The Bertz CT molecular complexity index is 534. The van der Waals surface area contributed by atoms with Crippen LogP contribution in [0.4, 0.5) is 18.9 Å². The maximum Gasteiger partial charge on any atom is 0.391 e. The molecule has 1 aliphatic carbocycles. The highest BCUT2D eigenvalue weighted by atomic mass is 127. The van der Waals surface area contributed by atoms with Crippen LogP contribution in [0, 0.1) is 11.8 Å². The van der Waals surface area contributed by atoms with Crippen LogP contribution >= 0.6 is 24.0 Å².